The van der Waals surface area contributed by atoms with Crippen molar-refractivity contribution in [3.63, 3.8) is 0 Å². The quantitative estimate of drug-likeness (QED) is 0.768. The number of hydrogen-bond acceptors (Lipinski definition) is 4. The predicted octanol–water partition coefficient (Wildman–Crippen LogP) is 4.24. The van der Waals surface area contributed by atoms with Gasteiger partial charge < -0.3 is 14.7 Å². The minimum Gasteiger partial charge on any atom is -0.508 e. The molecule has 0 spiro atoms. The highest BCUT2D eigenvalue weighted by molar-refractivity contribution is 5.82. The Kier molecular flexibility index (Phi) is 5.25. The summed E-state index contributed by atoms with van der Waals surface area (Å²) in [6, 6.07) is 13.9. The van der Waals surface area contributed by atoms with E-state index < -0.39 is 0 Å². The average Bonchev–Trinajstić information content (AvgIpc) is 2.77. The Bertz CT molecular complexity index is 1060. The van der Waals surface area contributed by atoms with Crippen molar-refractivity contribution in [2.45, 2.75) is 51.1 Å². The third-order valence-electron chi connectivity index (χ3n) is 7.38. The van der Waals surface area contributed by atoms with E-state index in [9.17, 15) is 9.90 Å². The fourth-order valence-corrected chi connectivity index (χ4v) is 5.91. The summed E-state index contributed by atoms with van der Waals surface area (Å²) in [4.78, 5) is 17.9. The van der Waals surface area contributed by atoms with E-state index in [2.05, 4.69) is 43.1 Å². The topological polar surface area (TPSA) is 53.0 Å². The normalized spacial score (nSPS) is 24.8. The number of amides is 1. The first-order chi connectivity index (χ1) is 15.4. The number of phenols is 1. The van der Waals surface area contributed by atoms with Crippen molar-refractivity contribution in [2.24, 2.45) is 5.92 Å². The first-order valence-electron chi connectivity index (χ1n) is 11.6. The fourth-order valence-electron chi connectivity index (χ4n) is 5.91. The van der Waals surface area contributed by atoms with Crippen LogP contribution in [0.1, 0.15) is 43.4 Å². The van der Waals surface area contributed by atoms with E-state index in [0.717, 1.165) is 37.2 Å². The molecule has 32 heavy (non-hydrogen) atoms. The van der Waals surface area contributed by atoms with E-state index in [-0.39, 0.29) is 17.1 Å². The van der Waals surface area contributed by atoms with Gasteiger partial charge in [0.25, 0.3) is 0 Å². The number of carbonyl (C=O) groups is 1. The molecule has 2 aromatic carbocycles. The number of hydrogen-bond donors (Lipinski definition) is 1. The molecule has 5 heteroatoms. The van der Waals surface area contributed by atoms with E-state index in [1.807, 2.05) is 17.0 Å². The van der Waals surface area contributed by atoms with E-state index in [4.69, 9.17) is 4.74 Å². The summed E-state index contributed by atoms with van der Waals surface area (Å²) in [7, 11) is 1.71. The second-order valence-electron chi connectivity index (χ2n) is 9.91. The van der Waals surface area contributed by atoms with Crippen LogP contribution in [0.15, 0.2) is 54.2 Å². The molecule has 5 nitrogen and oxygen atoms in total. The average molecular weight is 433 g/mol. The number of ether oxygens (including phenoxy) is 1. The molecule has 2 bridgehead atoms. The third kappa shape index (κ3) is 3.49. The van der Waals surface area contributed by atoms with Crippen LogP contribution in [0.5, 0.6) is 11.5 Å². The van der Waals surface area contributed by atoms with E-state index >= 15 is 0 Å². The van der Waals surface area contributed by atoms with Crippen molar-refractivity contribution < 1.29 is 14.6 Å². The summed E-state index contributed by atoms with van der Waals surface area (Å²) in [5.74, 6) is 1.86. The van der Waals surface area contributed by atoms with Crippen LogP contribution in [0.2, 0.25) is 0 Å². The number of carbonyl (C=O) groups excluding carboxylic acids is 1. The zero-order valence-electron chi connectivity index (χ0n) is 19.2. The summed E-state index contributed by atoms with van der Waals surface area (Å²) in [6.07, 6.45) is 4.59. The Morgan fingerprint density at radius 3 is 2.69 bits per heavy atom. The molecule has 5 rings (SSSR count). The Labute approximate surface area is 190 Å². The standard InChI is InChI=1S/C27H32N2O3/c1-18(2)15-28-11-10-27-14-26(31)29(16-19-4-7-21(30)8-5-19)17-24(27)25(28)12-20-6-9-22(32-3)13-23(20)27/h4-9,13,17-18,25,30H,10-12,14-16H2,1-3H3. The van der Waals surface area contributed by atoms with Crippen LogP contribution in [-0.4, -0.2) is 47.1 Å². The minimum absolute atomic E-state index is 0.161. The number of methoxy groups -OCH3 is 1. The molecule has 1 amide bonds. The monoisotopic (exact) mass is 432 g/mol. The molecule has 1 fully saturated rings. The largest absolute Gasteiger partial charge is 0.508 e. The summed E-state index contributed by atoms with van der Waals surface area (Å²) < 4.78 is 5.56. The number of aromatic hydroxyl groups is 1. The molecular formula is C27H32N2O3. The third-order valence-corrected chi connectivity index (χ3v) is 7.38. The van der Waals surface area contributed by atoms with E-state index in [1.165, 1.54) is 16.7 Å². The summed E-state index contributed by atoms with van der Waals surface area (Å²) in [6.45, 7) is 7.16. The molecule has 168 valence electrons. The maximum atomic E-state index is 13.4. The van der Waals surface area contributed by atoms with Crippen LogP contribution in [0.3, 0.4) is 0 Å². The molecule has 3 aliphatic rings. The molecule has 0 radical (unpaired) electrons. The van der Waals surface area contributed by atoms with Gasteiger partial charge in [-0.2, -0.15) is 0 Å². The van der Waals surface area contributed by atoms with E-state index in [1.54, 1.807) is 19.2 Å². The molecule has 2 unspecified atom stereocenters. The van der Waals surface area contributed by atoms with Crippen LogP contribution in [0.25, 0.3) is 0 Å². The van der Waals surface area contributed by atoms with Crippen LogP contribution < -0.4 is 4.74 Å². The highest BCUT2D eigenvalue weighted by atomic mass is 16.5. The lowest BCUT2D eigenvalue weighted by molar-refractivity contribution is -0.132. The summed E-state index contributed by atoms with van der Waals surface area (Å²) >= 11 is 0. The second kappa shape index (κ2) is 7.96. The SMILES string of the molecule is COc1ccc2c(c1)C13CCN(CC(C)C)C(C2)C1=CN(Cc1ccc(O)cc1)C(=O)C3. The van der Waals surface area contributed by atoms with Gasteiger partial charge in [-0.15, -0.1) is 0 Å². The number of rotatable bonds is 5. The van der Waals surface area contributed by atoms with Gasteiger partial charge in [0.15, 0.2) is 0 Å². The molecule has 2 aromatic rings. The molecule has 0 saturated carbocycles. The van der Waals surface area contributed by atoms with Crippen LogP contribution in [0, 0.1) is 5.92 Å². The molecule has 1 N–H and O–H groups in total. The Hall–Kier alpha value is -2.79. The highest BCUT2D eigenvalue weighted by Crippen LogP contribution is 2.53. The number of likely N-dealkylation sites (tertiary alicyclic amines) is 1. The van der Waals surface area contributed by atoms with Crippen LogP contribution >= 0.6 is 0 Å². The first-order valence-corrected chi connectivity index (χ1v) is 11.6. The van der Waals surface area contributed by atoms with Crippen molar-refractivity contribution in [3.05, 3.63) is 70.9 Å². The first kappa shape index (κ1) is 21.1. The van der Waals surface area contributed by atoms with Crippen LogP contribution in [0.4, 0.5) is 0 Å². The van der Waals surface area contributed by atoms with Crippen LogP contribution in [-0.2, 0) is 23.2 Å². The van der Waals surface area contributed by atoms with Gasteiger partial charge in [0.1, 0.15) is 11.5 Å². The fraction of sp³-hybridized carbons (Fsp3) is 0.444. The van der Waals surface area contributed by atoms with Crippen molar-refractivity contribution in [1.82, 2.24) is 9.80 Å². The Balaban J connectivity index is 1.58. The smallest absolute Gasteiger partial charge is 0.228 e. The number of fused-ring (bicyclic) bond motifs is 1. The number of nitrogens with zero attached hydrogens (tertiary/aromatic N) is 2. The number of piperidine rings is 1. The molecule has 1 aliphatic carbocycles. The van der Waals surface area contributed by atoms with Gasteiger partial charge in [0.2, 0.25) is 5.91 Å². The van der Waals surface area contributed by atoms with E-state index in [0.29, 0.717) is 24.9 Å². The number of benzene rings is 2. The van der Waals surface area contributed by atoms with Gasteiger partial charge in [-0.05, 0) is 71.8 Å². The molecule has 2 heterocycles. The Morgan fingerprint density at radius 2 is 1.97 bits per heavy atom. The second-order valence-corrected chi connectivity index (χ2v) is 9.91. The molecule has 2 atom stereocenters. The minimum atomic E-state index is -0.233. The lowest BCUT2D eigenvalue weighted by Gasteiger charge is -2.55. The summed E-state index contributed by atoms with van der Waals surface area (Å²) in [5.41, 5.74) is 4.79. The van der Waals surface area contributed by atoms with Gasteiger partial charge in [-0.1, -0.05) is 32.0 Å². The lowest BCUT2D eigenvalue weighted by atomic mass is 9.58. The van der Waals surface area contributed by atoms with Crippen molar-refractivity contribution in [1.29, 1.82) is 0 Å². The highest BCUT2D eigenvalue weighted by Gasteiger charge is 2.53. The van der Waals surface area contributed by atoms with Crippen molar-refractivity contribution in [3.8, 4) is 11.5 Å². The zero-order valence-corrected chi connectivity index (χ0v) is 19.2. The van der Waals surface area contributed by atoms with Gasteiger partial charge >= 0.3 is 0 Å². The maximum Gasteiger partial charge on any atom is 0.228 e. The predicted molar refractivity (Wildman–Crippen MR) is 125 cm³/mol. The van der Waals surface area contributed by atoms with Gasteiger partial charge in [0, 0.05) is 30.6 Å². The van der Waals surface area contributed by atoms with Crippen molar-refractivity contribution in [2.75, 3.05) is 20.2 Å². The lowest BCUT2D eigenvalue weighted by Crippen LogP contribution is -2.59. The number of phenolic OH excluding ortho intramolecular Hbond substituents is 1. The van der Waals surface area contributed by atoms with Crippen molar-refractivity contribution >= 4 is 5.91 Å². The summed E-state index contributed by atoms with van der Waals surface area (Å²) in [5, 5.41) is 9.61. The molecule has 2 aliphatic heterocycles. The van der Waals surface area contributed by atoms with Gasteiger partial charge in [-0.3, -0.25) is 9.69 Å². The van der Waals surface area contributed by atoms with Gasteiger partial charge in [0.05, 0.1) is 13.7 Å². The van der Waals surface area contributed by atoms with Gasteiger partial charge in [-0.25, -0.2) is 0 Å². The molecular weight excluding hydrogens is 400 g/mol. The maximum absolute atomic E-state index is 13.4. The molecule has 1 saturated heterocycles. The zero-order chi connectivity index (χ0) is 22.5. The molecule has 0 aromatic heterocycles. The Morgan fingerprint density at radius 1 is 1.19 bits per heavy atom.